The van der Waals surface area contributed by atoms with E-state index < -0.39 is 10.0 Å². The summed E-state index contributed by atoms with van der Waals surface area (Å²) in [5.74, 6) is 0.236. The van der Waals surface area contributed by atoms with Crippen molar-refractivity contribution in [3.05, 3.63) is 60.2 Å². The Hall–Kier alpha value is -2.38. The fourth-order valence-corrected chi connectivity index (χ4v) is 3.39. The Morgan fingerprint density at radius 3 is 2.30 bits per heavy atom. The third kappa shape index (κ3) is 6.37. The minimum absolute atomic E-state index is 0.0360. The van der Waals surface area contributed by atoms with Crippen molar-refractivity contribution in [3.63, 3.8) is 0 Å². The molecule has 1 amide bonds. The van der Waals surface area contributed by atoms with Crippen molar-refractivity contribution in [3.8, 4) is 5.75 Å². The van der Waals surface area contributed by atoms with Gasteiger partial charge in [-0.05, 0) is 49.6 Å². The van der Waals surface area contributed by atoms with Gasteiger partial charge in [0.25, 0.3) is 5.91 Å². The topological polar surface area (TPSA) is 75.7 Å². The van der Waals surface area contributed by atoms with E-state index in [1.165, 1.54) is 31.8 Å². The van der Waals surface area contributed by atoms with Crippen molar-refractivity contribution >= 4 is 15.9 Å². The lowest BCUT2D eigenvalue weighted by atomic mass is 10.1. The van der Waals surface area contributed by atoms with E-state index in [1.807, 2.05) is 25.1 Å². The highest BCUT2D eigenvalue weighted by Gasteiger charge is 2.17. The maximum Gasteiger partial charge on any atom is 0.258 e. The van der Waals surface area contributed by atoms with E-state index in [0.29, 0.717) is 5.75 Å². The van der Waals surface area contributed by atoms with Crippen LogP contribution in [0.1, 0.15) is 18.9 Å². The van der Waals surface area contributed by atoms with Crippen LogP contribution in [0.3, 0.4) is 0 Å². The summed E-state index contributed by atoms with van der Waals surface area (Å²) in [5, 5.41) is 2.90. The summed E-state index contributed by atoms with van der Waals surface area (Å²) in [4.78, 5) is 12.2. The molecule has 0 bridgehead atoms. The van der Waals surface area contributed by atoms with E-state index >= 15 is 0 Å². The van der Waals surface area contributed by atoms with Crippen molar-refractivity contribution in [1.29, 1.82) is 0 Å². The molecule has 0 spiro atoms. The van der Waals surface area contributed by atoms with Crippen LogP contribution in [0.2, 0.25) is 0 Å². The minimum atomic E-state index is -3.47. The number of benzene rings is 2. The van der Waals surface area contributed by atoms with E-state index in [4.69, 9.17) is 4.74 Å². The van der Waals surface area contributed by atoms with Gasteiger partial charge in [-0.15, -0.1) is 0 Å². The van der Waals surface area contributed by atoms with Gasteiger partial charge in [-0.25, -0.2) is 12.7 Å². The first-order valence-electron chi connectivity index (χ1n) is 8.77. The zero-order valence-electron chi connectivity index (χ0n) is 15.9. The van der Waals surface area contributed by atoms with E-state index in [0.717, 1.165) is 17.1 Å². The Bertz CT molecular complexity index is 834. The van der Waals surface area contributed by atoms with Crippen molar-refractivity contribution in [1.82, 2.24) is 9.62 Å². The van der Waals surface area contributed by atoms with Gasteiger partial charge in [-0.1, -0.05) is 30.3 Å². The Morgan fingerprint density at radius 2 is 1.70 bits per heavy atom. The predicted molar refractivity (Wildman–Crippen MR) is 105 cm³/mol. The minimum Gasteiger partial charge on any atom is -0.484 e. The standard InChI is InChI=1S/C20H26N2O4S/c1-16(9-10-17-7-5-4-6-8-17)21-20(23)15-26-18-11-13-19(14-12-18)27(24,25)22(2)3/h4-8,11-14,16H,9-10,15H2,1-3H3,(H,21,23)/t16-/m0/s1. The number of carbonyl (C=O) groups excluding carboxylic acids is 1. The van der Waals surface area contributed by atoms with Crippen LogP contribution in [-0.4, -0.2) is 45.4 Å². The molecule has 0 unspecified atom stereocenters. The van der Waals surface area contributed by atoms with Gasteiger partial charge in [0.1, 0.15) is 5.75 Å². The summed E-state index contributed by atoms with van der Waals surface area (Å²) in [5.41, 5.74) is 1.24. The Labute approximate surface area is 161 Å². The Morgan fingerprint density at radius 1 is 1.07 bits per heavy atom. The number of aryl methyl sites for hydroxylation is 1. The number of nitrogens with zero attached hydrogens (tertiary/aromatic N) is 1. The number of ether oxygens (including phenoxy) is 1. The zero-order chi connectivity index (χ0) is 19.9. The van der Waals surface area contributed by atoms with Crippen LogP contribution in [0.25, 0.3) is 0 Å². The third-order valence-electron chi connectivity index (χ3n) is 4.09. The summed E-state index contributed by atoms with van der Waals surface area (Å²) in [6.45, 7) is 1.84. The molecule has 27 heavy (non-hydrogen) atoms. The summed E-state index contributed by atoms with van der Waals surface area (Å²) in [6, 6.07) is 16.2. The molecule has 0 aliphatic heterocycles. The molecule has 0 aromatic heterocycles. The molecule has 2 aromatic carbocycles. The molecule has 0 saturated carbocycles. The van der Waals surface area contributed by atoms with E-state index in [2.05, 4.69) is 17.4 Å². The van der Waals surface area contributed by atoms with E-state index in [9.17, 15) is 13.2 Å². The molecule has 7 heteroatoms. The van der Waals surface area contributed by atoms with Crippen LogP contribution >= 0.6 is 0 Å². The highest BCUT2D eigenvalue weighted by Crippen LogP contribution is 2.18. The quantitative estimate of drug-likeness (QED) is 0.714. The fourth-order valence-electron chi connectivity index (χ4n) is 2.48. The van der Waals surface area contributed by atoms with Crippen molar-refractivity contribution in [2.24, 2.45) is 0 Å². The Balaban J connectivity index is 1.78. The number of amides is 1. The van der Waals surface area contributed by atoms with Gasteiger partial charge in [-0.3, -0.25) is 4.79 Å². The first-order valence-corrected chi connectivity index (χ1v) is 10.2. The molecule has 146 valence electrons. The van der Waals surface area contributed by atoms with Gasteiger partial charge in [0.15, 0.2) is 6.61 Å². The molecule has 1 N–H and O–H groups in total. The maximum atomic E-state index is 12.0. The zero-order valence-corrected chi connectivity index (χ0v) is 16.7. The van der Waals surface area contributed by atoms with Gasteiger partial charge in [0.2, 0.25) is 10.0 Å². The Kier molecular flexibility index (Phi) is 7.38. The number of hydrogen-bond donors (Lipinski definition) is 1. The number of rotatable bonds is 9. The second kappa shape index (κ2) is 9.53. The maximum absolute atomic E-state index is 12.0. The molecular formula is C20H26N2O4S. The van der Waals surface area contributed by atoms with Gasteiger partial charge in [-0.2, -0.15) is 0 Å². The van der Waals surface area contributed by atoms with Crippen LogP contribution in [0, 0.1) is 0 Å². The van der Waals surface area contributed by atoms with Crippen LogP contribution in [0.5, 0.6) is 5.75 Å². The fraction of sp³-hybridized carbons (Fsp3) is 0.350. The van der Waals surface area contributed by atoms with Gasteiger partial charge in [0, 0.05) is 20.1 Å². The molecule has 0 heterocycles. The van der Waals surface area contributed by atoms with Crippen LogP contribution in [0.15, 0.2) is 59.5 Å². The summed E-state index contributed by atoms with van der Waals surface area (Å²) in [7, 11) is -0.521. The molecule has 6 nitrogen and oxygen atoms in total. The average Bonchev–Trinajstić information content (AvgIpc) is 2.66. The molecule has 0 saturated heterocycles. The first kappa shape index (κ1) is 20.9. The molecule has 0 radical (unpaired) electrons. The lowest BCUT2D eigenvalue weighted by Crippen LogP contribution is -2.36. The van der Waals surface area contributed by atoms with Gasteiger partial charge in [0.05, 0.1) is 4.90 Å². The van der Waals surface area contributed by atoms with Crippen molar-refractivity contribution in [2.45, 2.75) is 30.7 Å². The molecule has 1 atom stereocenters. The predicted octanol–water partition coefficient (Wildman–Crippen LogP) is 2.45. The van der Waals surface area contributed by atoms with Gasteiger partial charge >= 0.3 is 0 Å². The number of nitrogens with one attached hydrogen (secondary N) is 1. The summed E-state index contributed by atoms with van der Waals surface area (Å²) >= 11 is 0. The summed E-state index contributed by atoms with van der Waals surface area (Å²) in [6.07, 6.45) is 1.73. The van der Waals surface area contributed by atoms with Crippen molar-refractivity contribution < 1.29 is 17.9 Å². The second-order valence-electron chi connectivity index (χ2n) is 6.54. The molecule has 0 fully saturated rings. The normalized spacial score (nSPS) is 12.6. The van der Waals surface area contributed by atoms with E-state index in [-0.39, 0.29) is 23.5 Å². The molecule has 0 aliphatic carbocycles. The highest BCUT2D eigenvalue weighted by molar-refractivity contribution is 7.89. The van der Waals surface area contributed by atoms with Gasteiger partial charge < -0.3 is 10.1 Å². The van der Waals surface area contributed by atoms with E-state index in [1.54, 1.807) is 12.1 Å². The molecule has 0 aliphatic rings. The largest absolute Gasteiger partial charge is 0.484 e. The average molecular weight is 391 g/mol. The lowest BCUT2D eigenvalue weighted by Gasteiger charge is -2.15. The van der Waals surface area contributed by atoms with Crippen molar-refractivity contribution in [2.75, 3.05) is 20.7 Å². The molecular weight excluding hydrogens is 364 g/mol. The highest BCUT2D eigenvalue weighted by atomic mass is 32.2. The SMILES string of the molecule is C[C@@H](CCc1ccccc1)NC(=O)COc1ccc(S(=O)(=O)N(C)C)cc1. The molecule has 2 aromatic rings. The summed E-state index contributed by atoms with van der Waals surface area (Å²) < 4.78 is 30.6. The second-order valence-corrected chi connectivity index (χ2v) is 8.69. The smallest absolute Gasteiger partial charge is 0.258 e. The number of hydrogen-bond acceptors (Lipinski definition) is 4. The third-order valence-corrected chi connectivity index (χ3v) is 5.92. The number of carbonyl (C=O) groups is 1. The van der Waals surface area contributed by atoms with Crippen LogP contribution in [0.4, 0.5) is 0 Å². The lowest BCUT2D eigenvalue weighted by molar-refractivity contribution is -0.123. The number of sulfonamides is 1. The monoisotopic (exact) mass is 390 g/mol. The van der Waals surface area contributed by atoms with Crippen LogP contribution < -0.4 is 10.1 Å². The first-order chi connectivity index (χ1) is 12.8. The van der Waals surface area contributed by atoms with Crippen LogP contribution in [-0.2, 0) is 21.2 Å². The molecule has 2 rings (SSSR count).